The predicted octanol–water partition coefficient (Wildman–Crippen LogP) is 3.17. The van der Waals surface area contributed by atoms with Gasteiger partial charge in [0.25, 0.3) is 5.91 Å². The minimum atomic E-state index is -0.590. The van der Waals surface area contributed by atoms with Gasteiger partial charge >= 0.3 is 0 Å². The molecule has 0 bridgehead atoms. The number of benzene rings is 1. The van der Waals surface area contributed by atoms with Gasteiger partial charge in [0.15, 0.2) is 11.7 Å². The highest BCUT2D eigenvalue weighted by atomic mass is 127. The van der Waals surface area contributed by atoms with Crippen LogP contribution in [-0.2, 0) is 6.54 Å². The molecule has 7 nitrogen and oxygen atoms in total. The van der Waals surface area contributed by atoms with Crippen molar-refractivity contribution in [2.24, 2.45) is 10.7 Å². The van der Waals surface area contributed by atoms with Gasteiger partial charge in [-0.15, -0.1) is 24.0 Å². The fourth-order valence-corrected chi connectivity index (χ4v) is 2.46. The third-order valence-electron chi connectivity index (χ3n) is 3.78. The fourth-order valence-electron chi connectivity index (χ4n) is 2.46. The Morgan fingerprint density at radius 1 is 1.23 bits per heavy atom. The van der Waals surface area contributed by atoms with Crippen LogP contribution in [0.3, 0.4) is 0 Å². The van der Waals surface area contributed by atoms with E-state index in [0.29, 0.717) is 18.3 Å². The summed E-state index contributed by atoms with van der Waals surface area (Å²) in [6.45, 7) is 2.36. The molecule has 0 saturated heterocycles. The minimum absolute atomic E-state index is 0. The molecule has 0 saturated carbocycles. The lowest BCUT2D eigenvalue weighted by molar-refractivity contribution is 0.0972. The van der Waals surface area contributed by atoms with E-state index in [1.54, 1.807) is 19.2 Å². The van der Waals surface area contributed by atoms with Crippen LogP contribution >= 0.6 is 24.0 Å². The first-order valence-corrected chi connectivity index (χ1v) is 7.91. The molecule has 3 aromatic rings. The van der Waals surface area contributed by atoms with Crippen molar-refractivity contribution in [1.82, 2.24) is 10.6 Å². The van der Waals surface area contributed by atoms with Crippen molar-refractivity contribution in [1.29, 1.82) is 0 Å². The third-order valence-corrected chi connectivity index (χ3v) is 3.78. The van der Waals surface area contributed by atoms with Crippen LogP contribution in [0.4, 0.5) is 0 Å². The number of carbonyl (C=O) groups excluding carboxylic acids is 1. The summed E-state index contributed by atoms with van der Waals surface area (Å²) in [5.74, 6) is 1.54. The van der Waals surface area contributed by atoms with Crippen molar-refractivity contribution in [3.63, 3.8) is 0 Å². The molecule has 4 N–H and O–H groups in total. The van der Waals surface area contributed by atoms with E-state index in [0.717, 1.165) is 16.7 Å². The number of primary amides is 1. The number of fused-ring (bicyclic) bond motifs is 1. The molecule has 8 heteroatoms. The summed E-state index contributed by atoms with van der Waals surface area (Å²) >= 11 is 0. The van der Waals surface area contributed by atoms with Crippen LogP contribution in [0.25, 0.3) is 11.0 Å². The third kappa shape index (κ3) is 4.57. The van der Waals surface area contributed by atoms with Gasteiger partial charge in [-0.2, -0.15) is 0 Å². The van der Waals surface area contributed by atoms with Crippen LogP contribution in [0, 0.1) is 0 Å². The molecule has 0 radical (unpaired) electrons. The molecule has 2 heterocycles. The average molecular weight is 468 g/mol. The SMILES string of the molecule is CN=C(NCc1ccc(C(N)=O)o1)NC(C)c1cc2ccccc2o1.I. The Hall–Kier alpha value is -2.49. The van der Waals surface area contributed by atoms with Gasteiger partial charge in [0.05, 0.1) is 12.6 Å². The van der Waals surface area contributed by atoms with Crippen molar-refractivity contribution < 1.29 is 13.6 Å². The van der Waals surface area contributed by atoms with E-state index < -0.39 is 5.91 Å². The number of nitrogens with two attached hydrogens (primary N) is 1. The molecule has 2 aromatic heterocycles. The minimum Gasteiger partial charge on any atom is -0.459 e. The topological polar surface area (TPSA) is 106 Å². The summed E-state index contributed by atoms with van der Waals surface area (Å²) in [7, 11) is 1.68. The van der Waals surface area contributed by atoms with Crippen molar-refractivity contribution in [2.75, 3.05) is 7.05 Å². The summed E-state index contributed by atoms with van der Waals surface area (Å²) < 4.78 is 11.2. The molecule has 3 rings (SSSR count). The molecule has 1 amide bonds. The first-order chi connectivity index (χ1) is 12.1. The number of nitrogens with zero attached hydrogens (tertiary/aromatic N) is 1. The van der Waals surface area contributed by atoms with E-state index in [1.807, 2.05) is 37.3 Å². The van der Waals surface area contributed by atoms with Crippen LogP contribution in [-0.4, -0.2) is 18.9 Å². The van der Waals surface area contributed by atoms with Crippen LogP contribution in [0.15, 0.2) is 56.3 Å². The Morgan fingerprint density at radius 2 is 2.00 bits per heavy atom. The Bertz CT molecular complexity index is 883. The smallest absolute Gasteiger partial charge is 0.284 e. The van der Waals surface area contributed by atoms with E-state index in [1.165, 1.54) is 0 Å². The molecular formula is C18H21IN4O3. The van der Waals surface area contributed by atoms with Gasteiger partial charge in [-0.3, -0.25) is 9.79 Å². The molecule has 138 valence electrons. The largest absolute Gasteiger partial charge is 0.459 e. The Kier molecular flexibility index (Phi) is 6.67. The van der Waals surface area contributed by atoms with E-state index in [9.17, 15) is 4.79 Å². The van der Waals surface area contributed by atoms with Gasteiger partial charge in [-0.1, -0.05) is 18.2 Å². The zero-order chi connectivity index (χ0) is 17.8. The lowest BCUT2D eigenvalue weighted by atomic mass is 10.2. The molecule has 0 fully saturated rings. The standard InChI is InChI=1S/C18H20N4O3.HI/c1-11(16-9-12-5-3-4-6-14(12)25-16)22-18(20-2)21-10-13-7-8-15(24-13)17(19)23;/h3-9,11H,10H2,1-2H3,(H2,19,23)(H2,20,21,22);1H. The van der Waals surface area contributed by atoms with Gasteiger partial charge in [0.2, 0.25) is 0 Å². The van der Waals surface area contributed by atoms with E-state index in [2.05, 4.69) is 15.6 Å². The summed E-state index contributed by atoms with van der Waals surface area (Å²) in [6, 6.07) is 13.0. The van der Waals surface area contributed by atoms with Gasteiger partial charge in [0.1, 0.15) is 17.1 Å². The van der Waals surface area contributed by atoms with Crippen LogP contribution in [0.5, 0.6) is 0 Å². The number of rotatable bonds is 5. The second-order valence-electron chi connectivity index (χ2n) is 5.61. The summed E-state index contributed by atoms with van der Waals surface area (Å²) in [4.78, 5) is 15.2. The van der Waals surface area contributed by atoms with Gasteiger partial charge in [0, 0.05) is 12.4 Å². The van der Waals surface area contributed by atoms with Crippen molar-refractivity contribution in [2.45, 2.75) is 19.5 Å². The normalized spacial score (nSPS) is 12.5. The molecule has 0 aliphatic heterocycles. The van der Waals surface area contributed by atoms with Crippen LogP contribution in [0.1, 0.15) is 35.0 Å². The molecule has 0 spiro atoms. The Morgan fingerprint density at radius 3 is 2.65 bits per heavy atom. The highest BCUT2D eigenvalue weighted by Crippen LogP contribution is 2.23. The number of halogens is 1. The second kappa shape index (κ2) is 8.75. The predicted molar refractivity (Wildman–Crippen MR) is 111 cm³/mol. The first kappa shape index (κ1) is 19.8. The van der Waals surface area contributed by atoms with Gasteiger partial charge in [-0.25, -0.2) is 0 Å². The lowest BCUT2D eigenvalue weighted by Gasteiger charge is -2.15. The van der Waals surface area contributed by atoms with Crippen molar-refractivity contribution >= 4 is 46.8 Å². The summed E-state index contributed by atoms with van der Waals surface area (Å²) in [5, 5.41) is 7.44. The Labute approximate surface area is 168 Å². The zero-order valence-corrected chi connectivity index (χ0v) is 16.8. The van der Waals surface area contributed by atoms with Crippen LogP contribution < -0.4 is 16.4 Å². The highest BCUT2D eigenvalue weighted by molar-refractivity contribution is 14.0. The number of hydrogen-bond acceptors (Lipinski definition) is 4. The number of para-hydroxylation sites is 1. The molecule has 0 aliphatic carbocycles. The molecular weight excluding hydrogens is 447 g/mol. The zero-order valence-electron chi connectivity index (χ0n) is 14.5. The molecule has 1 atom stereocenters. The molecule has 1 unspecified atom stereocenters. The monoisotopic (exact) mass is 468 g/mol. The molecule has 0 aliphatic rings. The fraction of sp³-hybridized carbons (Fsp3) is 0.222. The van der Waals surface area contributed by atoms with Crippen molar-refractivity contribution in [3.8, 4) is 0 Å². The number of hydrogen-bond donors (Lipinski definition) is 3. The Balaban J connectivity index is 0.00000243. The van der Waals surface area contributed by atoms with E-state index >= 15 is 0 Å². The van der Waals surface area contributed by atoms with Gasteiger partial charge in [-0.05, 0) is 31.2 Å². The lowest BCUT2D eigenvalue weighted by Crippen LogP contribution is -2.38. The van der Waals surface area contributed by atoms with Gasteiger partial charge < -0.3 is 25.2 Å². The van der Waals surface area contributed by atoms with E-state index in [-0.39, 0.29) is 35.8 Å². The van der Waals surface area contributed by atoms with Crippen LogP contribution in [0.2, 0.25) is 0 Å². The molecule has 26 heavy (non-hydrogen) atoms. The number of aliphatic imine (C=N–C) groups is 1. The highest BCUT2D eigenvalue weighted by Gasteiger charge is 2.13. The summed E-state index contributed by atoms with van der Waals surface area (Å²) in [6.07, 6.45) is 0. The van der Waals surface area contributed by atoms with Crippen molar-refractivity contribution in [3.05, 3.63) is 59.7 Å². The maximum atomic E-state index is 11.0. The quantitative estimate of drug-likeness (QED) is 0.303. The number of nitrogens with one attached hydrogen (secondary N) is 2. The number of carbonyl (C=O) groups is 1. The number of guanidine groups is 1. The maximum absolute atomic E-state index is 11.0. The second-order valence-corrected chi connectivity index (χ2v) is 5.61. The average Bonchev–Trinajstić information content (AvgIpc) is 3.25. The number of furan rings is 2. The first-order valence-electron chi connectivity index (χ1n) is 7.91. The maximum Gasteiger partial charge on any atom is 0.284 e. The number of amides is 1. The molecule has 1 aromatic carbocycles. The summed E-state index contributed by atoms with van der Waals surface area (Å²) in [5.41, 5.74) is 6.02. The van der Waals surface area contributed by atoms with E-state index in [4.69, 9.17) is 14.6 Å².